The van der Waals surface area contributed by atoms with E-state index in [1.807, 2.05) is 25.1 Å². The van der Waals surface area contributed by atoms with Crippen molar-refractivity contribution in [3.63, 3.8) is 0 Å². The zero-order valence-electron chi connectivity index (χ0n) is 20.2. The second-order valence-electron chi connectivity index (χ2n) is 8.96. The second kappa shape index (κ2) is 10.2. The van der Waals surface area contributed by atoms with Crippen molar-refractivity contribution in [3.8, 4) is 0 Å². The van der Waals surface area contributed by atoms with Crippen molar-refractivity contribution in [2.45, 2.75) is 26.3 Å². The average Bonchev–Trinajstić information content (AvgIpc) is 3.37. The van der Waals surface area contributed by atoms with Crippen molar-refractivity contribution in [1.82, 2.24) is 34.7 Å². The molecule has 1 aromatic carbocycles. The number of fused-ring (bicyclic) bond motifs is 2. The molecule has 1 aliphatic heterocycles. The first-order valence-electron chi connectivity index (χ1n) is 11.9. The van der Waals surface area contributed by atoms with Gasteiger partial charge in [0, 0.05) is 51.5 Å². The molecule has 1 fully saturated rings. The van der Waals surface area contributed by atoms with Crippen LogP contribution < -0.4 is 5.32 Å². The molecule has 186 valence electrons. The second-order valence-corrected chi connectivity index (χ2v) is 9.37. The Morgan fingerprint density at radius 1 is 1.17 bits per heavy atom. The summed E-state index contributed by atoms with van der Waals surface area (Å²) in [6, 6.07) is 7.81. The smallest absolute Gasteiger partial charge is 0.289 e. The summed E-state index contributed by atoms with van der Waals surface area (Å²) >= 11 is 6.61. The lowest BCUT2D eigenvalue weighted by molar-refractivity contribution is -0.144. The Bertz CT molecular complexity index is 1430. The number of H-pyrrole nitrogens is 1. The maximum Gasteiger partial charge on any atom is 0.289 e. The van der Waals surface area contributed by atoms with Gasteiger partial charge in [0.25, 0.3) is 5.91 Å². The monoisotopic (exact) mass is 506 g/mol. The molecule has 1 atom stereocenters. The van der Waals surface area contributed by atoms with Crippen LogP contribution in [-0.2, 0) is 16.0 Å². The molecule has 1 aliphatic rings. The lowest BCUT2D eigenvalue weighted by Gasteiger charge is -2.34. The lowest BCUT2D eigenvalue weighted by Crippen LogP contribution is -2.50. The van der Waals surface area contributed by atoms with Crippen LogP contribution in [0.1, 0.15) is 31.3 Å². The van der Waals surface area contributed by atoms with Crippen LogP contribution >= 0.6 is 11.6 Å². The van der Waals surface area contributed by atoms with E-state index in [-0.39, 0.29) is 6.04 Å². The highest BCUT2D eigenvalue weighted by Crippen LogP contribution is 2.30. The Morgan fingerprint density at radius 2 is 1.97 bits per heavy atom. The Morgan fingerprint density at radius 3 is 2.75 bits per heavy atom. The third kappa shape index (κ3) is 4.87. The molecule has 1 unspecified atom stereocenters. The summed E-state index contributed by atoms with van der Waals surface area (Å²) in [4.78, 5) is 48.1. The highest BCUT2D eigenvalue weighted by molar-refractivity contribution is 6.36. The van der Waals surface area contributed by atoms with E-state index in [9.17, 15) is 9.59 Å². The number of rotatable bonds is 7. The summed E-state index contributed by atoms with van der Waals surface area (Å²) in [6.45, 7) is 6.68. The van der Waals surface area contributed by atoms with E-state index in [0.29, 0.717) is 36.0 Å². The number of aromatic nitrogens is 5. The Kier molecular flexibility index (Phi) is 6.80. The van der Waals surface area contributed by atoms with E-state index in [1.165, 1.54) is 13.3 Å². The van der Waals surface area contributed by atoms with Crippen LogP contribution in [0.15, 0.2) is 36.9 Å². The van der Waals surface area contributed by atoms with Gasteiger partial charge in [-0.2, -0.15) is 0 Å². The van der Waals surface area contributed by atoms with Crippen molar-refractivity contribution in [1.29, 1.82) is 0 Å². The van der Waals surface area contributed by atoms with Gasteiger partial charge < -0.3 is 15.2 Å². The number of ketones is 1. The first kappa shape index (κ1) is 24.1. The summed E-state index contributed by atoms with van der Waals surface area (Å²) in [5, 5.41) is 6.09. The van der Waals surface area contributed by atoms with E-state index in [2.05, 4.69) is 36.2 Å². The highest BCUT2D eigenvalue weighted by atomic mass is 35.5. The van der Waals surface area contributed by atoms with E-state index < -0.39 is 11.7 Å². The number of Topliss-reactive ketones (excluding diaryl/α,β-unsaturated/α-hetero) is 1. The molecular weight excluding hydrogens is 480 g/mol. The van der Waals surface area contributed by atoms with Crippen LogP contribution in [0.25, 0.3) is 21.9 Å². The first-order valence-corrected chi connectivity index (χ1v) is 12.3. The largest absolute Gasteiger partial charge is 0.360 e. The number of nitrogens with zero attached hydrogens (tertiary/aromatic N) is 6. The van der Waals surface area contributed by atoms with Gasteiger partial charge in [0.05, 0.1) is 28.8 Å². The van der Waals surface area contributed by atoms with E-state index in [0.717, 1.165) is 47.3 Å². The number of nitrogens with one attached hydrogen (secondary N) is 2. The molecule has 0 saturated carbocycles. The normalized spacial score (nSPS) is 15.4. The zero-order chi connectivity index (χ0) is 25.2. The van der Waals surface area contributed by atoms with E-state index >= 15 is 0 Å². The van der Waals surface area contributed by atoms with Crippen molar-refractivity contribution < 1.29 is 9.59 Å². The Labute approximate surface area is 213 Å². The van der Waals surface area contributed by atoms with Gasteiger partial charge in [-0.1, -0.05) is 23.7 Å². The number of piperazine rings is 1. The van der Waals surface area contributed by atoms with Gasteiger partial charge in [-0.3, -0.25) is 19.5 Å². The molecule has 1 saturated heterocycles. The molecule has 36 heavy (non-hydrogen) atoms. The minimum atomic E-state index is -0.413. The predicted molar refractivity (Wildman–Crippen MR) is 138 cm³/mol. The lowest BCUT2D eigenvalue weighted by atomic mass is 10.0. The topological polar surface area (TPSA) is 120 Å². The molecule has 4 aromatic rings. The molecule has 0 radical (unpaired) electrons. The van der Waals surface area contributed by atoms with Crippen LogP contribution in [-0.4, -0.2) is 79.1 Å². The quantitative estimate of drug-likeness (QED) is 0.367. The van der Waals surface area contributed by atoms with E-state index in [1.54, 1.807) is 11.2 Å². The predicted octanol–water partition coefficient (Wildman–Crippen LogP) is 3.00. The highest BCUT2D eigenvalue weighted by Gasteiger charge is 2.24. The standard InChI is InChI=1S/C25H27ClN8O2/c1-15(31-24-22-23(28-13-27-22)29-14-30-24)20-12-17-4-3-5-18(26)21(17)19(32-20)6-7-33-8-10-34(11-9-33)25(36)16(2)35/h3-5,12-15H,6-11H2,1-2H3,(H2,27,28,29,30,31). The van der Waals surface area contributed by atoms with Crippen LogP contribution in [0.2, 0.25) is 5.02 Å². The van der Waals surface area contributed by atoms with Gasteiger partial charge in [-0.15, -0.1) is 0 Å². The molecule has 10 nitrogen and oxygen atoms in total. The molecule has 0 aliphatic carbocycles. The minimum Gasteiger partial charge on any atom is -0.360 e. The molecule has 4 heterocycles. The molecule has 11 heteroatoms. The number of hydrogen-bond donors (Lipinski definition) is 2. The van der Waals surface area contributed by atoms with Crippen LogP contribution in [0.4, 0.5) is 5.82 Å². The van der Waals surface area contributed by atoms with Crippen LogP contribution in [0, 0.1) is 0 Å². The number of pyridine rings is 1. The summed E-state index contributed by atoms with van der Waals surface area (Å²) < 4.78 is 0. The Balaban J connectivity index is 1.35. The minimum absolute atomic E-state index is 0.130. The number of benzene rings is 1. The maximum atomic E-state index is 12.0. The van der Waals surface area contributed by atoms with Gasteiger partial charge in [-0.05, 0) is 24.4 Å². The van der Waals surface area contributed by atoms with Crippen molar-refractivity contribution in [2.75, 3.05) is 38.0 Å². The third-order valence-electron chi connectivity index (χ3n) is 6.55. The third-order valence-corrected chi connectivity index (χ3v) is 6.86. The summed E-state index contributed by atoms with van der Waals surface area (Å²) in [6.07, 6.45) is 3.79. The SMILES string of the molecule is CC(=O)C(=O)N1CCN(CCc2nc(C(C)Nc3ncnc4nc[nH]c34)cc3cccc(Cl)c23)CC1. The van der Waals surface area contributed by atoms with Crippen LogP contribution in [0.3, 0.4) is 0 Å². The van der Waals surface area contributed by atoms with E-state index in [4.69, 9.17) is 16.6 Å². The van der Waals surface area contributed by atoms with Gasteiger partial charge in [0.15, 0.2) is 11.5 Å². The molecule has 2 N–H and O–H groups in total. The summed E-state index contributed by atoms with van der Waals surface area (Å²) in [5.41, 5.74) is 3.15. The van der Waals surface area contributed by atoms with Crippen molar-refractivity contribution >= 4 is 51.0 Å². The van der Waals surface area contributed by atoms with Gasteiger partial charge in [0.1, 0.15) is 11.8 Å². The maximum absolute atomic E-state index is 12.0. The molecule has 0 bridgehead atoms. The fourth-order valence-corrected chi connectivity index (χ4v) is 4.88. The molecule has 1 amide bonds. The number of carbonyl (C=O) groups is 2. The number of amides is 1. The molecule has 5 rings (SSSR count). The fraction of sp³-hybridized carbons (Fsp3) is 0.360. The molecule has 0 spiro atoms. The van der Waals surface area contributed by atoms with Crippen molar-refractivity contribution in [3.05, 3.63) is 53.3 Å². The van der Waals surface area contributed by atoms with Crippen molar-refractivity contribution in [2.24, 2.45) is 0 Å². The molecule has 3 aromatic heterocycles. The number of anilines is 1. The Hall–Kier alpha value is -3.63. The van der Waals surface area contributed by atoms with Gasteiger partial charge >= 0.3 is 0 Å². The number of hydrogen-bond acceptors (Lipinski definition) is 8. The number of halogens is 1. The number of carbonyl (C=O) groups excluding carboxylic acids is 2. The fourth-order valence-electron chi connectivity index (χ4n) is 4.59. The van der Waals surface area contributed by atoms with Crippen LogP contribution in [0.5, 0.6) is 0 Å². The number of imidazole rings is 1. The summed E-state index contributed by atoms with van der Waals surface area (Å²) in [5.74, 6) is -0.152. The molecular formula is C25H27ClN8O2. The van der Waals surface area contributed by atoms with Gasteiger partial charge in [-0.25, -0.2) is 15.0 Å². The zero-order valence-corrected chi connectivity index (χ0v) is 20.9. The average molecular weight is 507 g/mol. The van der Waals surface area contributed by atoms with Gasteiger partial charge in [0.2, 0.25) is 5.78 Å². The summed E-state index contributed by atoms with van der Waals surface area (Å²) in [7, 11) is 0. The number of aromatic amines is 1. The first-order chi connectivity index (χ1) is 17.4.